The number of hydrogen-bond acceptors (Lipinski definition) is 4. The first kappa shape index (κ1) is 16.5. The molecule has 0 aliphatic carbocycles. The molecule has 0 aromatic rings. The van der Waals surface area contributed by atoms with Gasteiger partial charge < -0.3 is 4.90 Å². The highest BCUT2D eigenvalue weighted by Crippen LogP contribution is 2.28. The minimum atomic E-state index is 0.0312. The summed E-state index contributed by atoms with van der Waals surface area (Å²) in [5.74, 6) is 5.03. The summed E-state index contributed by atoms with van der Waals surface area (Å²) in [6, 6.07) is 0.0312. The second-order valence-corrected chi connectivity index (χ2v) is 9.15. The van der Waals surface area contributed by atoms with Crippen molar-refractivity contribution in [3.63, 3.8) is 0 Å². The Morgan fingerprint density at radius 3 is 2.60 bits per heavy atom. The van der Waals surface area contributed by atoms with E-state index in [1.54, 1.807) is 0 Å². The number of amides is 1. The lowest BCUT2D eigenvalue weighted by atomic mass is 10.0. The van der Waals surface area contributed by atoms with Crippen LogP contribution in [-0.4, -0.2) is 52.1 Å². The van der Waals surface area contributed by atoms with Crippen LogP contribution in [0.2, 0.25) is 0 Å². The van der Waals surface area contributed by atoms with Gasteiger partial charge in [-0.05, 0) is 18.3 Å². The molecule has 0 aromatic heterocycles. The molecule has 5 heteroatoms. The van der Waals surface area contributed by atoms with E-state index in [4.69, 9.17) is 0 Å². The lowest BCUT2D eigenvalue weighted by Gasteiger charge is -2.31. The van der Waals surface area contributed by atoms with Gasteiger partial charge in [0.15, 0.2) is 0 Å². The Bertz CT molecular complexity index is 330. The average Bonchev–Trinajstić information content (AvgIpc) is 2.69. The zero-order valence-electron chi connectivity index (χ0n) is 13.1. The Morgan fingerprint density at radius 2 is 2.05 bits per heavy atom. The van der Waals surface area contributed by atoms with Gasteiger partial charge in [-0.1, -0.05) is 27.7 Å². The van der Waals surface area contributed by atoms with Gasteiger partial charge in [-0.15, -0.1) is 0 Å². The molecule has 2 heterocycles. The molecule has 0 spiro atoms. The van der Waals surface area contributed by atoms with Gasteiger partial charge in [-0.2, -0.15) is 23.5 Å². The van der Waals surface area contributed by atoms with Crippen LogP contribution in [0.4, 0.5) is 0 Å². The van der Waals surface area contributed by atoms with Gasteiger partial charge in [-0.3, -0.25) is 10.1 Å². The molecule has 20 heavy (non-hydrogen) atoms. The molecule has 3 unspecified atom stereocenters. The monoisotopic (exact) mass is 316 g/mol. The fourth-order valence-electron chi connectivity index (χ4n) is 2.96. The van der Waals surface area contributed by atoms with Gasteiger partial charge in [0.25, 0.3) is 0 Å². The van der Waals surface area contributed by atoms with Crippen molar-refractivity contribution in [2.24, 2.45) is 11.8 Å². The van der Waals surface area contributed by atoms with E-state index in [1.165, 1.54) is 17.3 Å². The molecule has 0 radical (unpaired) electrons. The number of carbonyl (C=O) groups is 1. The van der Waals surface area contributed by atoms with Crippen LogP contribution in [0.25, 0.3) is 0 Å². The summed E-state index contributed by atoms with van der Waals surface area (Å²) < 4.78 is 0. The van der Waals surface area contributed by atoms with Crippen molar-refractivity contribution in [3.8, 4) is 0 Å². The summed E-state index contributed by atoms with van der Waals surface area (Å²) in [5.41, 5.74) is 0. The van der Waals surface area contributed by atoms with E-state index in [2.05, 4.69) is 37.9 Å². The quantitative estimate of drug-likeness (QED) is 0.845. The van der Waals surface area contributed by atoms with E-state index < -0.39 is 0 Å². The Morgan fingerprint density at radius 1 is 1.30 bits per heavy atom. The Labute approximate surface area is 132 Å². The van der Waals surface area contributed by atoms with E-state index in [9.17, 15) is 4.79 Å². The molecule has 2 fully saturated rings. The average molecular weight is 317 g/mol. The minimum Gasteiger partial charge on any atom is -0.324 e. The molecule has 2 saturated heterocycles. The van der Waals surface area contributed by atoms with Gasteiger partial charge in [0.2, 0.25) is 5.91 Å². The van der Waals surface area contributed by atoms with Gasteiger partial charge in [0, 0.05) is 29.1 Å². The molecular formula is C15H28N2OS2. The maximum Gasteiger partial charge on any atom is 0.241 e. The molecule has 2 rings (SSSR count). The van der Waals surface area contributed by atoms with Gasteiger partial charge in [0.05, 0.1) is 12.2 Å². The maximum atomic E-state index is 12.7. The van der Waals surface area contributed by atoms with Crippen molar-refractivity contribution in [1.82, 2.24) is 10.2 Å². The van der Waals surface area contributed by atoms with Crippen molar-refractivity contribution >= 4 is 29.4 Å². The predicted octanol–water partition coefficient (Wildman–Crippen LogP) is 2.66. The molecule has 0 aromatic carbocycles. The summed E-state index contributed by atoms with van der Waals surface area (Å²) in [7, 11) is 0. The predicted molar refractivity (Wildman–Crippen MR) is 90.3 cm³/mol. The fraction of sp³-hybridized carbons (Fsp3) is 0.933. The summed E-state index contributed by atoms with van der Waals surface area (Å²) in [5, 5.41) is 4.18. The SMILES string of the molecule is CC(C)CC1NC(C(C)C)N(CC2CSCCS2)C1=O. The molecule has 1 N–H and O–H groups in total. The number of carbonyl (C=O) groups excluding carboxylic acids is 1. The van der Waals surface area contributed by atoms with Crippen LogP contribution in [-0.2, 0) is 4.79 Å². The van der Waals surface area contributed by atoms with E-state index in [-0.39, 0.29) is 12.2 Å². The molecule has 2 aliphatic heterocycles. The third-order valence-corrected chi connectivity index (χ3v) is 6.74. The third-order valence-electron chi connectivity index (χ3n) is 3.91. The Balaban J connectivity index is 2.00. The summed E-state index contributed by atoms with van der Waals surface area (Å²) in [6.45, 7) is 9.71. The first-order valence-electron chi connectivity index (χ1n) is 7.75. The molecule has 3 nitrogen and oxygen atoms in total. The van der Waals surface area contributed by atoms with Crippen LogP contribution in [0.3, 0.4) is 0 Å². The first-order chi connectivity index (χ1) is 9.49. The lowest BCUT2D eigenvalue weighted by Crippen LogP contribution is -2.45. The van der Waals surface area contributed by atoms with E-state index in [0.29, 0.717) is 23.0 Å². The maximum absolute atomic E-state index is 12.7. The van der Waals surface area contributed by atoms with Gasteiger partial charge in [-0.25, -0.2) is 0 Å². The van der Waals surface area contributed by atoms with Crippen LogP contribution in [0.15, 0.2) is 0 Å². The smallest absolute Gasteiger partial charge is 0.241 e. The largest absolute Gasteiger partial charge is 0.324 e. The number of nitrogens with zero attached hydrogens (tertiary/aromatic N) is 1. The molecule has 2 aliphatic rings. The van der Waals surface area contributed by atoms with Crippen molar-refractivity contribution in [1.29, 1.82) is 0 Å². The second kappa shape index (κ2) is 7.41. The number of rotatable bonds is 5. The van der Waals surface area contributed by atoms with Crippen LogP contribution in [0.1, 0.15) is 34.1 Å². The number of thioether (sulfide) groups is 2. The summed E-state index contributed by atoms with van der Waals surface area (Å²) >= 11 is 4.07. The minimum absolute atomic E-state index is 0.0312. The van der Waals surface area contributed by atoms with Crippen molar-refractivity contribution < 1.29 is 4.79 Å². The first-order valence-corrected chi connectivity index (χ1v) is 9.95. The van der Waals surface area contributed by atoms with E-state index in [0.717, 1.165) is 13.0 Å². The molecule has 0 saturated carbocycles. The third kappa shape index (κ3) is 4.08. The highest BCUT2D eigenvalue weighted by Gasteiger charge is 2.41. The van der Waals surface area contributed by atoms with Crippen LogP contribution in [0, 0.1) is 11.8 Å². The zero-order chi connectivity index (χ0) is 14.7. The molecule has 116 valence electrons. The fourth-order valence-corrected chi connectivity index (χ4v) is 5.63. The van der Waals surface area contributed by atoms with Gasteiger partial charge >= 0.3 is 0 Å². The van der Waals surface area contributed by atoms with Crippen LogP contribution >= 0.6 is 23.5 Å². The van der Waals surface area contributed by atoms with Gasteiger partial charge in [0.1, 0.15) is 0 Å². The van der Waals surface area contributed by atoms with Crippen LogP contribution < -0.4 is 5.32 Å². The van der Waals surface area contributed by atoms with Crippen molar-refractivity contribution in [3.05, 3.63) is 0 Å². The molecule has 0 bridgehead atoms. The van der Waals surface area contributed by atoms with E-state index >= 15 is 0 Å². The highest BCUT2D eigenvalue weighted by molar-refractivity contribution is 8.06. The lowest BCUT2D eigenvalue weighted by molar-refractivity contribution is -0.130. The topological polar surface area (TPSA) is 32.3 Å². The van der Waals surface area contributed by atoms with E-state index in [1.807, 2.05) is 23.5 Å². The van der Waals surface area contributed by atoms with Crippen molar-refractivity contribution in [2.75, 3.05) is 23.8 Å². The summed E-state index contributed by atoms with van der Waals surface area (Å²) in [6.07, 6.45) is 1.17. The standard InChI is InChI=1S/C15H28N2OS2/c1-10(2)7-13-15(18)17(14(16-13)11(3)4)8-12-9-19-5-6-20-12/h10-14,16H,5-9H2,1-4H3. The normalized spacial score (nSPS) is 31.6. The Kier molecular flexibility index (Phi) is 6.11. The summed E-state index contributed by atoms with van der Waals surface area (Å²) in [4.78, 5) is 14.8. The Hall–Kier alpha value is 0.130. The van der Waals surface area contributed by atoms with Crippen molar-refractivity contribution in [2.45, 2.75) is 51.6 Å². The highest BCUT2D eigenvalue weighted by atomic mass is 32.2. The second-order valence-electron chi connectivity index (χ2n) is 6.60. The molecule has 1 amide bonds. The van der Waals surface area contributed by atoms with Crippen LogP contribution in [0.5, 0.6) is 0 Å². The molecule has 3 atom stereocenters. The number of nitrogens with one attached hydrogen (secondary N) is 1. The number of hydrogen-bond donors (Lipinski definition) is 1. The molecular weight excluding hydrogens is 288 g/mol. The zero-order valence-corrected chi connectivity index (χ0v) is 14.7.